The van der Waals surface area contributed by atoms with Crippen molar-refractivity contribution in [2.75, 3.05) is 0 Å². The number of hydrogen-bond acceptors (Lipinski definition) is 1. The van der Waals surface area contributed by atoms with Crippen molar-refractivity contribution in [3.63, 3.8) is 0 Å². The topological polar surface area (TPSA) is 22.8 Å². The van der Waals surface area contributed by atoms with Gasteiger partial charge in [-0.3, -0.25) is 0 Å². The van der Waals surface area contributed by atoms with Gasteiger partial charge in [0.25, 0.3) is 0 Å². The molecule has 3 nitrogen and oxygen atoms in total. The summed E-state index contributed by atoms with van der Waals surface area (Å²) in [6.45, 7) is 4.30. The highest BCUT2D eigenvalue weighted by Gasteiger charge is 2.14. The van der Waals surface area contributed by atoms with Gasteiger partial charge in [0.1, 0.15) is 0 Å². The number of nitrogens with zero attached hydrogens (tertiary/aromatic N) is 3. The molecular formula is C17H19N3. The van der Waals surface area contributed by atoms with Crippen molar-refractivity contribution in [3.8, 4) is 22.8 Å². The minimum atomic E-state index is 0.996. The van der Waals surface area contributed by atoms with Gasteiger partial charge in [-0.1, -0.05) is 18.2 Å². The Bertz CT molecular complexity index is 742. The van der Waals surface area contributed by atoms with E-state index in [-0.39, 0.29) is 0 Å². The van der Waals surface area contributed by atoms with Crippen molar-refractivity contribution in [2.24, 2.45) is 14.1 Å². The maximum Gasteiger partial charge on any atom is 0.156 e. The van der Waals surface area contributed by atoms with Crippen molar-refractivity contribution in [1.82, 2.24) is 14.1 Å². The van der Waals surface area contributed by atoms with Crippen molar-refractivity contribution >= 4 is 0 Å². The van der Waals surface area contributed by atoms with E-state index in [2.05, 4.69) is 59.3 Å². The Balaban J connectivity index is 2.19. The molecule has 3 rings (SSSR count). The second-order valence-corrected chi connectivity index (χ2v) is 5.30. The predicted molar refractivity (Wildman–Crippen MR) is 82.5 cm³/mol. The van der Waals surface area contributed by atoms with Crippen LogP contribution in [0.4, 0.5) is 0 Å². The van der Waals surface area contributed by atoms with E-state index in [9.17, 15) is 0 Å². The zero-order valence-corrected chi connectivity index (χ0v) is 12.4. The number of imidazole rings is 1. The summed E-state index contributed by atoms with van der Waals surface area (Å²) in [6.07, 6.45) is 4.01. The highest BCUT2D eigenvalue weighted by atomic mass is 15.1. The Morgan fingerprint density at radius 1 is 0.900 bits per heavy atom. The molecule has 20 heavy (non-hydrogen) atoms. The standard InChI is InChI=1S/C17H19N3/c1-12-7-5-8-13(2)16(12)15-11-18-17(20(15)4)14-9-6-10-19(14)3/h5-11H,1-4H3. The minimum absolute atomic E-state index is 0.996. The van der Waals surface area contributed by atoms with E-state index in [1.165, 1.54) is 16.7 Å². The fourth-order valence-corrected chi connectivity index (χ4v) is 2.79. The van der Waals surface area contributed by atoms with Gasteiger partial charge in [0.15, 0.2) is 5.82 Å². The average Bonchev–Trinajstić information content (AvgIpc) is 2.97. The number of aromatic nitrogens is 3. The third kappa shape index (κ3) is 1.86. The average molecular weight is 265 g/mol. The Labute approximate surface area is 119 Å². The normalized spacial score (nSPS) is 11.0. The molecule has 0 saturated carbocycles. The molecule has 0 fully saturated rings. The first-order valence-electron chi connectivity index (χ1n) is 6.79. The fraction of sp³-hybridized carbons (Fsp3) is 0.235. The van der Waals surface area contributed by atoms with Crippen LogP contribution < -0.4 is 0 Å². The molecular weight excluding hydrogens is 246 g/mol. The summed E-state index contributed by atoms with van der Waals surface area (Å²) in [5.41, 5.74) is 6.14. The van der Waals surface area contributed by atoms with Gasteiger partial charge in [-0.05, 0) is 37.1 Å². The molecule has 1 aromatic carbocycles. The summed E-state index contributed by atoms with van der Waals surface area (Å²) in [4.78, 5) is 4.62. The van der Waals surface area contributed by atoms with Gasteiger partial charge in [-0.2, -0.15) is 0 Å². The Morgan fingerprint density at radius 3 is 2.20 bits per heavy atom. The van der Waals surface area contributed by atoms with Crippen LogP contribution in [0.1, 0.15) is 11.1 Å². The summed E-state index contributed by atoms with van der Waals surface area (Å²) < 4.78 is 4.27. The molecule has 0 unspecified atom stereocenters. The lowest BCUT2D eigenvalue weighted by Crippen LogP contribution is -2.00. The van der Waals surface area contributed by atoms with Crippen LogP contribution in [-0.4, -0.2) is 14.1 Å². The molecule has 0 aliphatic rings. The van der Waals surface area contributed by atoms with Crippen LogP contribution >= 0.6 is 0 Å². The van der Waals surface area contributed by atoms with Gasteiger partial charge < -0.3 is 9.13 Å². The van der Waals surface area contributed by atoms with Crippen molar-refractivity contribution in [3.05, 3.63) is 53.9 Å². The summed E-state index contributed by atoms with van der Waals surface area (Å²) >= 11 is 0. The summed E-state index contributed by atoms with van der Waals surface area (Å²) in [5.74, 6) is 0.996. The molecule has 3 heteroatoms. The molecule has 0 saturated heterocycles. The van der Waals surface area contributed by atoms with Crippen LogP contribution in [0, 0.1) is 13.8 Å². The van der Waals surface area contributed by atoms with Crippen LogP contribution in [-0.2, 0) is 14.1 Å². The van der Waals surface area contributed by atoms with Gasteiger partial charge in [0.2, 0.25) is 0 Å². The quantitative estimate of drug-likeness (QED) is 0.692. The maximum absolute atomic E-state index is 4.62. The SMILES string of the molecule is Cc1cccc(C)c1-c1cnc(-c2cccn2C)n1C. The second-order valence-electron chi connectivity index (χ2n) is 5.30. The minimum Gasteiger partial charge on any atom is -0.348 e. The molecule has 102 valence electrons. The largest absolute Gasteiger partial charge is 0.348 e. The van der Waals surface area contributed by atoms with Crippen LogP contribution in [0.25, 0.3) is 22.8 Å². The lowest BCUT2D eigenvalue weighted by Gasteiger charge is -2.11. The van der Waals surface area contributed by atoms with Gasteiger partial charge >= 0.3 is 0 Å². The Kier molecular flexibility index (Phi) is 2.97. The Morgan fingerprint density at radius 2 is 1.60 bits per heavy atom. The summed E-state index contributed by atoms with van der Waals surface area (Å²) in [6, 6.07) is 10.5. The van der Waals surface area contributed by atoms with Crippen molar-refractivity contribution < 1.29 is 0 Å². The lowest BCUT2D eigenvalue weighted by molar-refractivity contribution is 0.876. The first-order valence-corrected chi connectivity index (χ1v) is 6.79. The van der Waals surface area contributed by atoms with Gasteiger partial charge in [-0.15, -0.1) is 0 Å². The molecule has 2 aromatic heterocycles. The lowest BCUT2D eigenvalue weighted by atomic mass is 10.0. The smallest absolute Gasteiger partial charge is 0.156 e. The van der Waals surface area contributed by atoms with Crippen molar-refractivity contribution in [2.45, 2.75) is 13.8 Å². The predicted octanol–water partition coefficient (Wildman–Crippen LogP) is 3.71. The highest BCUT2D eigenvalue weighted by molar-refractivity contribution is 5.70. The molecule has 2 heterocycles. The van der Waals surface area contributed by atoms with E-state index in [4.69, 9.17) is 0 Å². The van der Waals surface area contributed by atoms with Crippen LogP contribution in [0.15, 0.2) is 42.7 Å². The number of hydrogen-bond donors (Lipinski definition) is 0. The van der Waals surface area contributed by atoms with E-state index >= 15 is 0 Å². The monoisotopic (exact) mass is 265 g/mol. The zero-order chi connectivity index (χ0) is 14.3. The molecule has 0 amide bonds. The van der Waals surface area contributed by atoms with Crippen LogP contribution in [0.5, 0.6) is 0 Å². The maximum atomic E-state index is 4.62. The second kappa shape index (κ2) is 4.67. The van der Waals surface area contributed by atoms with Gasteiger partial charge in [0, 0.05) is 25.9 Å². The molecule has 0 atom stereocenters. The number of rotatable bonds is 2. The summed E-state index contributed by atoms with van der Waals surface area (Å²) in [7, 11) is 4.12. The highest BCUT2D eigenvalue weighted by Crippen LogP contribution is 2.30. The molecule has 0 aliphatic heterocycles. The van der Waals surface area contributed by atoms with E-state index in [0.29, 0.717) is 0 Å². The third-order valence-electron chi connectivity index (χ3n) is 3.90. The molecule has 0 bridgehead atoms. The molecule has 3 aromatic rings. The van der Waals surface area contributed by atoms with E-state index in [1.54, 1.807) is 0 Å². The zero-order valence-electron chi connectivity index (χ0n) is 12.4. The van der Waals surface area contributed by atoms with Gasteiger partial charge in [0.05, 0.1) is 17.6 Å². The summed E-state index contributed by atoms with van der Waals surface area (Å²) in [5, 5.41) is 0. The molecule has 0 aliphatic carbocycles. The Hall–Kier alpha value is -2.29. The molecule has 0 radical (unpaired) electrons. The third-order valence-corrected chi connectivity index (χ3v) is 3.90. The number of aryl methyl sites for hydroxylation is 3. The molecule has 0 spiro atoms. The van der Waals surface area contributed by atoms with Gasteiger partial charge in [-0.25, -0.2) is 4.98 Å². The number of benzene rings is 1. The first-order chi connectivity index (χ1) is 9.59. The van der Waals surface area contributed by atoms with E-state index in [0.717, 1.165) is 17.2 Å². The first kappa shape index (κ1) is 12.7. The van der Waals surface area contributed by atoms with Crippen LogP contribution in [0.3, 0.4) is 0 Å². The van der Waals surface area contributed by atoms with Crippen molar-refractivity contribution in [1.29, 1.82) is 0 Å². The molecule has 0 N–H and O–H groups in total. The van der Waals surface area contributed by atoms with Crippen LogP contribution in [0.2, 0.25) is 0 Å². The van der Waals surface area contributed by atoms with E-state index < -0.39 is 0 Å². The van der Waals surface area contributed by atoms with E-state index in [1.807, 2.05) is 25.5 Å². The fourth-order valence-electron chi connectivity index (χ4n) is 2.79.